The molecule has 1 fully saturated rings. The van der Waals surface area contributed by atoms with E-state index in [-0.39, 0.29) is 0 Å². The molecule has 5 nitrogen and oxygen atoms in total. The Bertz CT molecular complexity index is 792. The number of hydrogen-bond donors (Lipinski definition) is 0. The predicted octanol–water partition coefficient (Wildman–Crippen LogP) is 2.72. The Balaban J connectivity index is 1.52. The van der Waals surface area contributed by atoms with E-state index in [1.165, 1.54) is 10.1 Å². The Labute approximate surface area is 133 Å². The number of aromatic nitrogens is 3. The number of fused-ring (bicyclic) bond motifs is 1. The first-order chi connectivity index (χ1) is 10.8. The van der Waals surface area contributed by atoms with Gasteiger partial charge in [0.15, 0.2) is 0 Å². The molecule has 0 unspecified atom stereocenters. The maximum atomic E-state index is 4.65. The molecule has 1 aliphatic heterocycles. The van der Waals surface area contributed by atoms with Crippen molar-refractivity contribution >= 4 is 33.3 Å². The molecule has 0 radical (unpaired) electrons. The molecule has 1 aliphatic rings. The molecular weight excluding hydrogens is 294 g/mol. The maximum Gasteiger partial charge on any atom is 0.150 e. The molecule has 0 N–H and O–H groups in total. The summed E-state index contributed by atoms with van der Waals surface area (Å²) in [5, 5.41) is 1.26. The van der Waals surface area contributed by atoms with Gasteiger partial charge in [-0.15, -0.1) is 0 Å². The minimum Gasteiger partial charge on any atom is -0.353 e. The second kappa shape index (κ2) is 5.53. The third-order valence-corrected chi connectivity index (χ3v) is 4.84. The van der Waals surface area contributed by atoms with Gasteiger partial charge in [0.25, 0.3) is 0 Å². The minimum atomic E-state index is 0.824. The highest BCUT2D eigenvalue weighted by Gasteiger charge is 2.21. The lowest BCUT2D eigenvalue weighted by Gasteiger charge is -2.35. The summed E-state index contributed by atoms with van der Waals surface area (Å²) in [6.45, 7) is 5.79. The number of benzene rings is 1. The van der Waals surface area contributed by atoms with Crippen molar-refractivity contribution in [3.8, 4) is 0 Å². The zero-order valence-electron chi connectivity index (χ0n) is 12.4. The summed E-state index contributed by atoms with van der Waals surface area (Å²) >= 11 is 1.58. The summed E-state index contributed by atoms with van der Waals surface area (Å²) in [6.07, 6.45) is 1.83. The van der Waals surface area contributed by atoms with Gasteiger partial charge in [-0.25, -0.2) is 9.97 Å². The first-order valence-corrected chi connectivity index (χ1v) is 8.22. The lowest BCUT2D eigenvalue weighted by molar-refractivity contribution is 0.643. The second-order valence-electron chi connectivity index (χ2n) is 5.44. The molecule has 4 rings (SSSR count). The lowest BCUT2D eigenvalue weighted by Crippen LogP contribution is -2.47. The highest BCUT2D eigenvalue weighted by molar-refractivity contribution is 7.13. The predicted molar refractivity (Wildman–Crippen MR) is 90.8 cm³/mol. The summed E-state index contributed by atoms with van der Waals surface area (Å²) in [7, 11) is 0. The van der Waals surface area contributed by atoms with E-state index in [1.807, 2.05) is 19.2 Å². The fraction of sp³-hybridized carbons (Fsp3) is 0.312. The number of anilines is 2. The maximum absolute atomic E-state index is 4.65. The summed E-state index contributed by atoms with van der Waals surface area (Å²) in [5.74, 6) is 2.97. The Hall–Kier alpha value is -2.21. The molecule has 3 heterocycles. The molecular formula is C16H17N5S. The van der Waals surface area contributed by atoms with E-state index in [9.17, 15) is 0 Å². The van der Waals surface area contributed by atoms with Crippen LogP contribution >= 0.6 is 11.5 Å². The highest BCUT2D eigenvalue weighted by Crippen LogP contribution is 2.30. The van der Waals surface area contributed by atoms with Crippen molar-refractivity contribution in [1.29, 1.82) is 0 Å². The Morgan fingerprint density at radius 1 is 1.00 bits per heavy atom. The lowest BCUT2D eigenvalue weighted by atomic mass is 10.2. The quantitative estimate of drug-likeness (QED) is 0.728. The summed E-state index contributed by atoms with van der Waals surface area (Å²) in [6, 6.07) is 10.4. The van der Waals surface area contributed by atoms with Crippen LogP contribution in [0.25, 0.3) is 10.1 Å². The highest BCUT2D eigenvalue weighted by atomic mass is 32.1. The molecule has 112 valence electrons. The van der Waals surface area contributed by atoms with E-state index in [1.54, 1.807) is 11.5 Å². The van der Waals surface area contributed by atoms with Crippen LogP contribution in [0.3, 0.4) is 0 Å². The fourth-order valence-electron chi connectivity index (χ4n) is 2.87. The Morgan fingerprint density at radius 3 is 2.59 bits per heavy atom. The van der Waals surface area contributed by atoms with Gasteiger partial charge in [0.1, 0.15) is 17.5 Å². The van der Waals surface area contributed by atoms with Crippen LogP contribution in [-0.2, 0) is 0 Å². The van der Waals surface area contributed by atoms with E-state index in [4.69, 9.17) is 0 Å². The van der Waals surface area contributed by atoms with Gasteiger partial charge >= 0.3 is 0 Å². The van der Waals surface area contributed by atoms with E-state index in [0.29, 0.717) is 0 Å². The van der Waals surface area contributed by atoms with Crippen LogP contribution in [0.1, 0.15) is 5.82 Å². The van der Waals surface area contributed by atoms with Gasteiger partial charge in [-0.2, -0.15) is 4.37 Å². The van der Waals surface area contributed by atoms with Crippen molar-refractivity contribution in [1.82, 2.24) is 14.3 Å². The standard InChI is InChI=1S/C16H17N5S/c1-12-17-7-6-15(18-12)20-8-10-21(11-9-20)16-13-4-2-3-5-14(13)22-19-16/h2-7H,8-11H2,1H3. The van der Waals surface area contributed by atoms with E-state index in [0.717, 1.165) is 43.6 Å². The largest absolute Gasteiger partial charge is 0.353 e. The molecule has 22 heavy (non-hydrogen) atoms. The normalized spacial score (nSPS) is 15.5. The molecule has 1 saturated heterocycles. The van der Waals surface area contributed by atoms with Crippen LogP contribution in [0.5, 0.6) is 0 Å². The molecule has 0 saturated carbocycles. The topological polar surface area (TPSA) is 45.2 Å². The number of nitrogens with zero attached hydrogens (tertiary/aromatic N) is 5. The van der Waals surface area contributed by atoms with Crippen LogP contribution in [0, 0.1) is 6.92 Å². The second-order valence-corrected chi connectivity index (χ2v) is 6.24. The molecule has 2 aromatic heterocycles. The molecule has 6 heteroatoms. The first kappa shape index (κ1) is 13.5. The third kappa shape index (κ3) is 2.39. The fourth-order valence-corrected chi connectivity index (χ4v) is 3.66. The van der Waals surface area contributed by atoms with Crippen molar-refractivity contribution in [3.63, 3.8) is 0 Å². The number of aryl methyl sites for hydroxylation is 1. The number of hydrogen-bond acceptors (Lipinski definition) is 6. The Morgan fingerprint density at radius 2 is 1.77 bits per heavy atom. The van der Waals surface area contributed by atoms with Gasteiger partial charge in [0.05, 0.1) is 4.70 Å². The third-order valence-electron chi connectivity index (χ3n) is 4.02. The molecule has 0 aliphatic carbocycles. The minimum absolute atomic E-state index is 0.824. The van der Waals surface area contributed by atoms with E-state index >= 15 is 0 Å². The van der Waals surface area contributed by atoms with Crippen molar-refractivity contribution in [2.24, 2.45) is 0 Å². The van der Waals surface area contributed by atoms with Gasteiger partial charge in [-0.05, 0) is 36.7 Å². The summed E-state index contributed by atoms with van der Waals surface area (Å²) < 4.78 is 5.91. The number of rotatable bonds is 2. The average molecular weight is 311 g/mol. The molecule has 0 bridgehead atoms. The molecule has 0 amide bonds. The van der Waals surface area contributed by atoms with Crippen LogP contribution in [0.4, 0.5) is 11.6 Å². The van der Waals surface area contributed by atoms with Crippen LogP contribution < -0.4 is 9.80 Å². The summed E-state index contributed by atoms with van der Waals surface area (Å²) in [5.41, 5.74) is 0. The molecule has 3 aromatic rings. The zero-order chi connectivity index (χ0) is 14.9. The van der Waals surface area contributed by atoms with Crippen molar-refractivity contribution in [3.05, 3.63) is 42.4 Å². The molecule has 0 spiro atoms. The van der Waals surface area contributed by atoms with Crippen molar-refractivity contribution < 1.29 is 0 Å². The molecule has 0 atom stereocenters. The smallest absolute Gasteiger partial charge is 0.150 e. The van der Waals surface area contributed by atoms with Gasteiger partial charge in [-0.3, -0.25) is 0 Å². The van der Waals surface area contributed by atoms with Gasteiger partial charge in [0.2, 0.25) is 0 Å². The van der Waals surface area contributed by atoms with Crippen LogP contribution in [0.2, 0.25) is 0 Å². The molecule has 1 aromatic carbocycles. The zero-order valence-corrected chi connectivity index (χ0v) is 13.3. The summed E-state index contributed by atoms with van der Waals surface area (Å²) in [4.78, 5) is 13.4. The van der Waals surface area contributed by atoms with E-state index < -0.39 is 0 Å². The average Bonchev–Trinajstić information content (AvgIpc) is 2.99. The van der Waals surface area contributed by atoms with Crippen LogP contribution in [0.15, 0.2) is 36.5 Å². The SMILES string of the molecule is Cc1nccc(N2CCN(c3nsc4ccccc34)CC2)n1. The first-order valence-electron chi connectivity index (χ1n) is 7.45. The van der Waals surface area contributed by atoms with E-state index in [2.05, 4.69) is 48.4 Å². The van der Waals surface area contributed by atoms with Crippen LogP contribution in [-0.4, -0.2) is 40.5 Å². The van der Waals surface area contributed by atoms with Gasteiger partial charge < -0.3 is 9.80 Å². The monoisotopic (exact) mass is 311 g/mol. The Kier molecular flexibility index (Phi) is 3.38. The number of piperazine rings is 1. The van der Waals surface area contributed by atoms with Gasteiger partial charge in [0, 0.05) is 37.8 Å². The van der Waals surface area contributed by atoms with Crippen molar-refractivity contribution in [2.75, 3.05) is 36.0 Å². The van der Waals surface area contributed by atoms with Crippen molar-refractivity contribution in [2.45, 2.75) is 6.92 Å². The van der Waals surface area contributed by atoms with Gasteiger partial charge in [-0.1, -0.05) is 12.1 Å².